The van der Waals surface area contributed by atoms with Crippen LogP contribution in [0.4, 0.5) is 0 Å². The van der Waals surface area contributed by atoms with Crippen LogP contribution in [0.2, 0.25) is 5.02 Å². The normalized spacial score (nSPS) is 11.0. The van der Waals surface area contributed by atoms with Gasteiger partial charge in [0.15, 0.2) is 9.84 Å². The van der Waals surface area contributed by atoms with Crippen LogP contribution in [-0.4, -0.2) is 39.5 Å². The second-order valence-corrected chi connectivity index (χ2v) is 9.40. The zero-order valence-corrected chi connectivity index (χ0v) is 18.7. The molecule has 0 spiro atoms. The third kappa shape index (κ3) is 9.12. The van der Waals surface area contributed by atoms with Crippen molar-refractivity contribution in [1.29, 1.82) is 0 Å². The molecule has 0 aliphatic rings. The van der Waals surface area contributed by atoms with Gasteiger partial charge in [0.1, 0.15) is 22.6 Å². The molecule has 0 aliphatic carbocycles. The van der Waals surface area contributed by atoms with E-state index in [9.17, 15) is 8.42 Å². The summed E-state index contributed by atoms with van der Waals surface area (Å²) in [6, 6.07) is 8.10. The molecule has 0 N–H and O–H groups in total. The fourth-order valence-corrected chi connectivity index (χ4v) is 3.05. The van der Waals surface area contributed by atoms with E-state index in [2.05, 4.69) is 4.98 Å². The van der Waals surface area contributed by atoms with Gasteiger partial charge in [0.2, 0.25) is 5.88 Å². The van der Waals surface area contributed by atoms with Crippen molar-refractivity contribution in [1.82, 2.24) is 4.98 Å². The van der Waals surface area contributed by atoms with Crippen LogP contribution in [0.15, 0.2) is 52.0 Å². The molecule has 0 saturated heterocycles. The molecule has 2 aromatic rings. The van der Waals surface area contributed by atoms with Gasteiger partial charge in [-0.3, -0.25) is 0 Å². The number of rotatable bonds is 11. The first kappa shape index (κ1) is 23.6. The van der Waals surface area contributed by atoms with Gasteiger partial charge in [-0.1, -0.05) is 34.8 Å². The van der Waals surface area contributed by atoms with Crippen molar-refractivity contribution in [3.63, 3.8) is 0 Å². The number of halogens is 3. The first-order valence-corrected chi connectivity index (χ1v) is 11.6. The van der Waals surface area contributed by atoms with Crippen molar-refractivity contribution >= 4 is 44.6 Å². The lowest BCUT2D eigenvalue weighted by atomic mass is 10.3. The highest BCUT2D eigenvalue weighted by Crippen LogP contribution is 2.26. The van der Waals surface area contributed by atoms with Gasteiger partial charge in [0, 0.05) is 29.6 Å². The van der Waals surface area contributed by atoms with E-state index in [1.807, 2.05) is 0 Å². The summed E-state index contributed by atoms with van der Waals surface area (Å²) in [6.45, 7) is 1.12. The molecular weight excluding hydrogens is 461 g/mol. The highest BCUT2D eigenvalue weighted by molar-refractivity contribution is 7.90. The van der Waals surface area contributed by atoms with Crippen molar-refractivity contribution < 1.29 is 22.6 Å². The molecule has 0 atom stereocenters. The fourth-order valence-electron chi connectivity index (χ4n) is 2.15. The van der Waals surface area contributed by atoms with Crippen molar-refractivity contribution in [2.75, 3.05) is 26.1 Å². The number of nitrogens with zero attached hydrogens (tertiary/aromatic N) is 1. The summed E-state index contributed by atoms with van der Waals surface area (Å²) in [5, 5.41) is 0.491. The highest BCUT2D eigenvalue weighted by Gasteiger charge is 2.07. The Morgan fingerprint density at radius 2 is 1.69 bits per heavy atom. The SMILES string of the molecule is CS(=O)(=O)c1ccc(OCCCCOc2cc(Cl)cc(OCC=C(Cl)Cl)c2)nc1. The molecule has 10 heteroatoms. The third-order valence-electron chi connectivity index (χ3n) is 3.53. The van der Waals surface area contributed by atoms with Crippen molar-refractivity contribution in [3.8, 4) is 17.4 Å². The summed E-state index contributed by atoms with van der Waals surface area (Å²) in [7, 11) is -3.26. The Kier molecular flexibility index (Phi) is 9.36. The largest absolute Gasteiger partial charge is 0.493 e. The molecule has 1 heterocycles. The Morgan fingerprint density at radius 1 is 1.03 bits per heavy atom. The number of aromatic nitrogens is 1. The minimum atomic E-state index is -3.26. The first-order chi connectivity index (χ1) is 13.7. The smallest absolute Gasteiger partial charge is 0.213 e. The molecule has 0 aliphatic heterocycles. The molecule has 0 amide bonds. The Balaban J connectivity index is 1.71. The van der Waals surface area contributed by atoms with E-state index in [-0.39, 0.29) is 16.0 Å². The number of unbranched alkanes of at least 4 members (excludes halogenated alkanes) is 1. The summed E-state index contributed by atoms with van der Waals surface area (Å²) in [5.74, 6) is 1.51. The van der Waals surface area contributed by atoms with Gasteiger partial charge in [-0.2, -0.15) is 0 Å². The number of sulfone groups is 1. The van der Waals surface area contributed by atoms with Crippen LogP contribution in [0.5, 0.6) is 17.4 Å². The minimum Gasteiger partial charge on any atom is -0.493 e. The molecule has 29 heavy (non-hydrogen) atoms. The van der Waals surface area contributed by atoms with Crippen LogP contribution in [0.1, 0.15) is 12.8 Å². The van der Waals surface area contributed by atoms with Gasteiger partial charge < -0.3 is 14.2 Å². The van der Waals surface area contributed by atoms with E-state index in [1.165, 1.54) is 24.4 Å². The Labute approximate surface area is 185 Å². The van der Waals surface area contributed by atoms with E-state index in [4.69, 9.17) is 49.0 Å². The number of hydrogen-bond donors (Lipinski definition) is 0. The molecule has 0 fully saturated rings. The van der Waals surface area contributed by atoms with Crippen LogP contribution in [0.25, 0.3) is 0 Å². The minimum absolute atomic E-state index is 0.132. The van der Waals surface area contributed by atoms with Crippen molar-refractivity contribution in [2.24, 2.45) is 0 Å². The van der Waals surface area contributed by atoms with E-state index in [0.29, 0.717) is 35.6 Å². The van der Waals surface area contributed by atoms with Gasteiger partial charge in [-0.05, 0) is 37.1 Å². The molecule has 1 aromatic heterocycles. The number of ether oxygens (including phenoxy) is 3. The van der Waals surface area contributed by atoms with E-state index in [0.717, 1.165) is 19.1 Å². The van der Waals surface area contributed by atoms with Gasteiger partial charge in [-0.15, -0.1) is 0 Å². The summed E-state index contributed by atoms with van der Waals surface area (Å²) in [5.41, 5.74) is 0. The molecule has 0 bridgehead atoms. The van der Waals surface area contributed by atoms with Gasteiger partial charge >= 0.3 is 0 Å². The average Bonchev–Trinajstić information content (AvgIpc) is 2.63. The quantitative estimate of drug-likeness (QED) is 0.418. The molecule has 158 valence electrons. The maximum absolute atomic E-state index is 11.4. The number of pyridine rings is 1. The third-order valence-corrected chi connectivity index (χ3v) is 5.15. The Bertz CT molecular complexity index is 929. The van der Waals surface area contributed by atoms with Gasteiger partial charge in [0.25, 0.3) is 0 Å². The second-order valence-electron chi connectivity index (χ2n) is 5.94. The number of benzene rings is 1. The monoisotopic (exact) mass is 479 g/mol. The van der Waals surface area contributed by atoms with E-state index >= 15 is 0 Å². The summed E-state index contributed by atoms with van der Waals surface area (Å²) in [6.07, 6.45) is 5.41. The summed E-state index contributed by atoms with van der Waals surface area (Å²) >= 11 is 17.1. The van der Waals surface area contributed by atoms with Crippen LogP contribution in [0.3, 0.4) is 0 Å². The standard InChI is InChI=1S/C19H20Cl3NO5S/c1-29(24,25)17-4-5-19(23-13-17)28-8-3-2-7-26-15-10-14(20)11-16(12-15)27-9-6-18(21)22/h4-6,10-13H,2-3,7-9H2,1H3. The van der Waals surface area contributed by atoms with Crippen LogP contribution in [-0.2, 0) is 9.84 Å². The predicted octanol–water partition coefficient (Wildman–Crippen LogP) is 5.07. The lowest BCUT2D eigenvalue weighted by Crippen LogP contribution is -2.04. The highest BCUT2D eigenvalue weighted by atomic mass is 35.5. The molecule has 0 unspecified atom stereocenters. The average molecular weight is 481 g/mol. The van der Waals surface area contributed by atoms with Gasteiger partial charge in [0.05, 0.1) is 18.1 Å². The van der Waals surface area contributed by atoms with Crippen molar-refractivity contribution in [3.05, 3.63) is 52.1 Å². The summed E-state index contributed by atoms with van der Waals surface area (Å²) < 4.78 is 39.6. The molecule has 0 saturated carbocycles. The lowest BCUT2D eigenvalue weighted by Gasteiger charge is -2.10. The topological polar surface area (TPSA) is 74.7 Å². The van der Waals surface area contributed by atoms with Crippen LogP contribution >= 0.6 is 34.8 Å². The second kappa shape index (κ2) is 11.5. The Morgan fingerprint density at radius 3 is 2.28 bits per heavy atom. The molecular formula is C19H20Cl3NO5S. The molecule has 1 aromatic carbocycles. The van der Waals surface area contributed by atoms with E-state index < -0.39 is 9.84 Å². The molecule has 2 rings (SSSR count). The molecule has 6 nitrogen and oxygen atoms in total. The van der Waals surface area contributed by atoms with Gasteiger partial charge in [-0.25, -0.2) is 13.4 Å². The first-order valence-electron chi connectivity index (χ1n) is 8.60. The zero-order chi connectivity index (χ0) is 21.3. The zero-order valence-electron chi connectivity index (χ0n) is 15.6. The molecule has 0 radical (unpaired) electrons. The van der Waals surface area contributed by atoms with Crippen LogP contribution < -0.4 is 14.2 Å². The fraction of sp³-hybridized carbons (Fsp3) is 0.316. The van der Waals surface area contributed by atoms with Crippen LogP contribution in [0, 0.1) is 0 Å². The van der Waals surface area contributed by atoms with E-state index in [1.54, 1.807) is 18.2 Å². The Hall–Kier alpha value is -1.67. The lowest BCUT2D eigenvalue weighted by molar-refractivity contribution is 0.260. The summed E-state index contributed by atoms with van der Waals surface area (Å²) in [4.78, 5) is 4.14. The maximum Gasteiger partial charge on any atom is 0.213 e. The number of hydrogen-bond acceptors (Lipinski definition) is 6. The van der Waals surface area contributed by atoms with Crippen molar-refractivity contribution in [2.45, 2.75) is 17.7 Å². The maximum atomic E-state index is 11.4. The predicted molar refractivity (Wildman–Crippen MR) is 114 cm³/mol.